The summed E-state index contributed by atoms with van der Waals surface area (Å²) in [6.07, 6.45) is 2.78. The van der Waals surface area contributed by atoms with E-state index in [1.807, 2.05) is 0 Å². The number of carbonyl (C=O) groups excluding carboxylic acids is 4. The summed E-state index contributed by atoms with van der Waals surface area (Å²) in [5.41, 5.74) is 0.534. The Morgan fingerprint density at radius 3 is 1.38 bits per heavy atom. The number of hydrogen-bond acceptors (Lipinski definition) is 8. The summed E-state index contributed by atoms with van der Waals surface area (Å²) in [4.78, 5) is 47.7. The summed E-state index contributed by atoms with van der Waals surface area (Å²) in [7, 11) is 0. The van der Waals surface area contributed by atoms with Gasteiger partial charge in [-0.05, 0) is 66.1 Å². The van der Waals surface area contributed by atoms with Crippen LogP contribution in [0, 0.1) is 0 Å². The molecule has 37 heavy (non-hydrogen) atoms. The first-order valence-electron chi connectivity index (χ1n) is 10.2. The summed E-state index contributed by atoms with van der Waals surface area (Å²) in [5.74, 6) is -4.26. The number of rotatable bonds is 8. The van der Waals surface area contributed by atoms with Crippen molar-refractivity contribution >= 4 is 35.1 Å². The Kier molecular flexibility index (Phi) is 10.9. The number of carboxylic acids is 2. The van der Waals surface area contributed by atoms with Gasteiger partial charge < -0.3 is 39.3 Å². The molecule has 0 radical (unpaired) electrons. The average Bonchev–Trinajstić information content (AvgIpc) is 3.55. The van der Waals surface area contributed by atoms with Gasteiger partial charge in [-0.1, -0.05) is 12.1 Å². The molecule has 2 amide bonds. The van der Waals surface area contributed by atoms with Gasteiger partial charge in [-0.25, -0.2) is 0 Å². The van der Waals surface area contributed by atoms with E-state index in [0.29, 0.717) is 11.1 Å². The monoisotopic (exact) mass is 518 g/mol. The molecule has 4 rings (SSSR count). The number of amides is 2. The molecule has 4 aromatic rings. The topological polar surface area (TPSA) is 165 Å². The Hall–Kier alpha value is -3.12. The Morgan fingerprint density at radius 1 is 0.649 bits per heavy atom. The van der Waals surface area contributed by atoms with Crippen LogP contribution in [0.4, 0.5) is 11.4 Å². The van der Waals surface area contributed by atoms with Crippen LogP contribution in [0.1, 0.15) is 53.0 Å². The van der Waals surface area contributed by atoms with E-state index in [4.69, 9.17) is 8.83 Å². The van der Waals surface area contributed by atoms with Crippen LogP contribution in [0.3, 0.4) is 0 Å². The van der Waals surface area contributed by atoms with Crippen LogP contribution in [0.15, 0.2) is 82.0 Å². The predicted octanol–water partition coefficient (Wildman–Crippen LogP) is -4.30. The average molecular weight is 518 g/mol. The maximum absolute atomic E-state index is 12.2. The van der Waals surface area contributed by atoms with E-state index in [0.717, 1.165) is 0 Å². The first-order chi connectivity index (χ1) is 16.8. The van der Waals surface area contributed by atoms with E-state index in [2.05, 4.69) is 10.6 Å². The standard InChI is InChI=1S/C25H18N2O8.2Na/c28-22(20-3-1-9-34-20)26-18-7-5-14(12-16(18)24(30)31)11-15-6-8-19(17(13-15)25(32)33)27-23(29)21-4-2-10-35-21;;/h1-10,12-13H,11H2,(H,26,28)(H,27,29)(H,30,31)(H,32,33);;/q;2*+1/p-2. The molecule has 2 aromatic carbocycles. The number of hydrogen-bond donors (Lipinski definition) is 2. The predicted molar refractivity (Wildman–Crippen MR) is 118 cm³/mol. The van der Waals surface area contributed by atoms with Gasteiger partial charge in [-0.15, -0.1) is 0 Å². The third-order valence-electron chi connectivity index (χ3n) is 5.00. The van der Waals surface area contributed by atoms with Gasteiger partial charge in [0.2, 0.25) is 0 Å². The van der Waals surface area contributed by atoms with Crippen molar-refractivity contribution in [2.24, 2.45) is 0 Å². The van der Waals surface area contributed by atoms with E-state index in [1.165, 1.54) is 61.1 Å². The van der Waals surface area contributed by atoms with Gasteiger partial charge in [0.05, 0.1) is 35.8 Å². The van der Waals surface area contributed by atoms with Crippen LogP contribution >= 0.6 is 0 Å². The summed E-state index contributed by atoms with van der Waals surface area (Å²) >= 11 is 0. The number of carbonyl (C=O) groups is 4. The van der Waals surface area contributed by atoms with E-state index in [-0.39, 0.29) is 99.6 Å². The number of anilines is 2. The van der Waals surface area contributed by atoms with Gasteiger partial charge in [0.25, 0.3) is 11.8 Å². The second-order valence-corrected chi connectivity index (χ2v) is 7.37. The summed E-state index contributed by atoms with van der Waals surface area (Å²) in [5, 5.41) is 28.2. The molecule has 176 valence electrons. The zero-order valence-corrected chi connectivity index (χ0v) is 23.9. The minimum absolute atomic E-state index is 0. The van der Waals surface area contributed by atoms with Crippen LogP contribution in [0.25, 0.3) is 0 Å². The summed E-state index contributed by atoms with van der Waals surface area (Å²) < 4.78 is 9.99. The third-order valence-corrected chi connectivity index (χ3v) is 5.00. The Labute approximate surface area is 254 Å². The third kappa shape index (κ3) is 7.45. The molecule has 0 aliphatic heterocycles. The molecular weight excluding hydrogens is 502 g/mol. The van der Waals surface area contributed by atoms with E-state index < -0.39 is 23.8 Å². The summed E-state index contributed by atoms with van der Waals surface area (Å²) in [6, 6.07) is 14.5. The molecule has 10 nitrogen and oxygen atoms in total. The molecule has 0 spiro atoms. The van der Waals surface area contributed by atoms with Gasteiger partial charge in [0, 0.05) is 11.1 Å². The van der Waals surface area contributed by atoms with Crippen molar-refractivity contribution in [2.75, 3.05) is 10.6 Å². The molecule has 0 fully saturated rings. The van der Waals surface area contributed by atoms with Gasteiger partial charge >= 0.3 is 59.1 Å². The molecule has 0 aliphatic carbocycles. The fraction of sp³-hybridized carbons (Fsp3) is 0.0400. The van der Waals surface area contributed by atoms with Gasteiger partial charge in [0.1, 0.15) is 0 Å². The number of benzene rings is 2. The van der Waals surface area contributed by atoms with Crippen LogP contribution in [0.5, 0.6) is 0 Å². The SMILES string of the molecule is O=C(Nc1ccc(Cc2ccc(NC(=O)c3ccco3)c(C(=O)[O-])c2)cc1C(=O)[O-])c1ccco1.[Na+].[Na+]. The maximum atomic E-state index is 12.2. The van der Waals surface area contributed by atoms with Gasteiger partial charge in [0.15, 0.2) is 11.5 Å². The normalized spacial score (nSPS) is 9.95. The Morgan fingerprint density at radius 2 is 1.05 bits per heavy atom. The molecule has 2 aromatic heterocycles. The quantitative estimate of drug-likeness (QED) is 0.221. The van der Waals surface area contributed by atoms with Crippen LogP contribution in [0.2, 0.25) is 0 Å². The summed E-state index contributed by atoms with van der Waals surface area (Å²) in [6.45, 7) is 0. The van der Waals surface area contributed by atoms with Crippen molar-refractivity contribution < 1.29 is 97.3 Å². The van der Waals surface area contributed by atoms with Gasteiger partial charge in [-0.2, -0.15) is 0 Å². The second kappa shape index (κ2) is 13.4. The van der Waals surface area contributed by atoms with E-state index >= 15 is 0 Å². The molecular formula is C25H16N2Na2O8. The largest absolute Gasteiger partial charge is 1.00 e. The zero-order valence-electron chi connectivity index (χ0n) is 19.9. The molecule has 0 saturated heterocycles. The molecule has 0 saturated carbocycles. The molecule has 0 atom stereocenters. The Bertz CT molecular complexity index is 1310. The molecule has 2 N–H and O–H groups in total. The molecule has 12 heteroatoms. The van der Waals surface area contributed by atoms with Crippen molar-refractivity contribution in [2.45, 2.75) is 6.42 Å². The minimum Gasteiger partial charge on any atom is -0.545 e. The molecule has 2 heterocycles. The molecule has 0 bridgehead atoms. The zero-order chi connectivity index (χ0) is 24.9. The first-order valence-corrected chi connectivity index (χ1v) is 10.2. The van der Waals surface area contributed by atoms with Crippen LogP contribution in [-0.2, 0) is 6.42 Å². The minimum atomic E-state index is -1.51. The fourth-order valence-electron chi connectivity index (χ4n) is 3.38. The fourth-order valence-corrected chi connectivity index (χ4v) is 3.38. The molecule has 0 unspecified atom stereocenters. The van der Waals surface area contributed by atoms with Gasteiger partial charge in [-0.3, -0.25) is 9.59 Å². The van der Waals surface area contributed by atoms with Crippen molar-refractivity contribution in [3.05, 3.63) is 107 Å². The number of nitrogens with one attached hydrogen (secondary N) is 2. The Balaban J connectivity index is 0.00000241. The first kappa shape index (κ1) is 30.1. The van der Waals surface area contributed by atoms with Crippen molar-refractivity contribution in [1.82, 2.24) is 0 Å². The number of furan rings is 2. The van der Waals surface area contributed by atoms with E-state index in [9.17, 15) is 29.4 Å². The number of carboxylic acid groups (broad SMARTS) is 2. The number of aromatic carboxylic acids is 2. The maximum Gasteiger partial charge on any atom is 1.00 e. The van der Waals surface area contributed by atoms with Crippen molar-refractivity contribution in [3.8, 4) is 0 Å². The van der Waals surface area contributed by atoms with Crippen LogP contribution < -0.4 is 80.0 Å². The second-order valence-electron chi connectivity index (χ2n) is 7.37. The smallest absolute Gasteiger partial charge is 0.545 e. The van der Waals surface area contributed by atoms with Crippen molar-refractivity contribution in [3.63, 3.8) is 0 Å². The molecule has 0 aliphatic rings. The van der Waals surface area contributed by atoms with Crippen LogP contribution in [-0.4, -0.2) is 23.8 Å². The van der Waals surface area contributed by atoms with Crippen molar-refractivity contribution in [1.29, 1.82) is 0 Å². The van der Waals surface area contributed by atoms with E-state index in [1.54, 1.807) is 12.1 Å².